The number of hydrogen-bond acceptors (Lipinski definition) is 4. The number of rotatable bonds is 4. The topological polar surface area (TPSA) is 30.5 Å². The Kier molecular flexibility index (Phi) is 5.52. The molecule has 0 amide bonds. The highest BCUT2D eigenvalue weighted by Crippen LogP contribution is 2.42. The molecule has 3 rings (SSSR count). The summed E-state index contributed by atoms with van der Waals surface area (Å²) in [4.78, 5) is 0. The molecule has 3 aliphatic heterocycles. The maximum atomic E-state index is 6.28. The number of hydrogen-bond donors (Lipinski definition) is 1. The summed E-state index contributed by atoms with van der Waals surface area (Å²) in [6.45, 7) is 7.42. The van der Waals surface area contributed by atoms with E-state index in [4.69, 9.17) is 9.47 Å². The Labute approximate surface area is 133 Å². The van der Waals surface area contributed by atoms with Gasteiger partial charge in [0.05, 0.1) is 18.3 Å². The van der Waals surface area contributed by atoms with Crippen molar-refractivity contribution in [2.75, 3.05) is 31.3 Å². The monoisotopic (exact) mass is 313 g/mol. The lowest BCUT2D eigenvalue weighted by Gasteiger charge is -2.46. The van der Waals surface area contributed by atoms with Crippen LogP contribution in [-0.2, 0) is 9.47 Å². The summed E-state index contributed by atoms with van der Waals surface area (Å²) in [5.74, 6) is 4.02. The molecule has 1 spiro atoms. The highest BCUT2D eigenvalue weighted by molar-refractivity contribution is 7.99. The summed E-state index contributed by atoms with van der Waals surface area (Å²) in [5, 5.41) is 3.80. The molecule has 122 valence electrons. The third-order valence-electron chi connectivity index (χ3n) is 5.62. The van der Waals surface area contributed by atoms with Gasteiger partial charge in [0.25, 0.3) is 0 Å². The highest BCUT2D eigenvalue weighted by Gasteiger charge is 2.43. The Morgan fingerprint density at radius 3 is 2.76 bits per heavy atom. The standard InChI is InChI=1S/C17H31NO2S/c1-3-18-16(15-10-13(2)19-12-15)14-4-7-20-17(11-14)5-8-21-9-6-17/h13-16,18H,3-12H2,1-2H3. The van der Waals surface area contributed by atoms with Crippen molar-refractivity contribution in [2.24, 2.45) is 11.8 Å². The van der Waals surface area contributed by atoms with Crippen LogP contribution in [0.15, 0.2) is 0 Å². The van der Waals surface area contributed by atoms with Gasteiger partial charge in [0.15, 0.2) is 0 Å². The molecule has 0 aliphatic carbocycles. The second kappa shape index (κ2) is 7.20. The molecule has 21 heavy (non-hydrogen) atoms. The van der Waals surface area contributed by atoms with E-state index in [9.17, 15) is 0 Å². The summed E-state index contributed by atoms with van der Waals surface area (Å²) >= 11 is 2.09. The lowest BCUT2D eigenvalue weighted by atomic mass is 9.75. The zero-order valence-electron chi connectivity index (χ0n) is 13.6. The van der Waals surface area contributed by atoms with E-state index in [1.165, 1.54) is 43.6 Å². The maximum Gasteiger partial charge on any atom is 0.0701 e. The van der Waals surface area contributed by atoms with Gasteiger partial charge in [0, 0.05) is 18.6 Å². The average molecular weight is 314 g/mol. The summed E-state index contributed by atoms with van der Waals surface area (Å²) < 4.78 is 12.1. The predicted molar refractivity (Wildman–Crippen MR) is 89.0 cm³/mol. The van der Waals surface area contributed by atoms with Crippen molar-refractivity contribution in [1.29, 1.82) is 0 Å². The van der Waals surface area contributed by atoms with E-state index in [1.807, 2.05) is 0 Å². The van der Waals surface area contributed by atoms with Crippen molar-refractivity contribution in [3.8, 4) is 0 Å². The minimum absolute atomic E-state index is 0.201. The molecule has 4 heteroatoms. The summed E-state index contributed by atoms with van der Waals surface area (Å²) in [6, 6.07) is 0.621. The van der Waals surface area contributed by atoms with Gasteiger partial charge in [0.2, 0.25) is 0 Å². The molecule has 1 N–H and O–H groups in total. The molecule has 3 nitrogen and oxygen atoms in total. The molecule has 0 aromatic heterocycles. The third-order valence-corrected chi connectivity index (χ3v) is 6.61. The smallest absolute Gasteiger partial charge is 0.0701 e. The van der Waals surface area contributed by atoms with Crippen molar-refractivity contribution in [3.05, 3.63) is 0 Å². The summed E-state index contributed by atoms with van der Waals surface area (Å²) in [7, 11) is 0. The van der Waals surface area contributed by atoms with Crippen molar-refractivity contribution in [1.82, 2.24) is 5.32 Å². The van der Waals surface area contributed by atoms with Gasteiger partial charge in [-0.3, -0.25) is 0 Å². The molecular weight excluding hydrogens is 282 g/mol. The highest BCUT2D eigenvalue weighted by atomic mass is 32.2. The Morgan fingerprint density at radius 1 is 1.29 bits per heavy atom. The number of nitrogens with one attached hydrogen (secondary N) is 1. The lowest BCUT2D eigenvalue weighted by molar-refractivity contribution is -0.110. The molecule has 3 heterocycles. The quantitative estimate of drug-likeness (QED) is 0.864. The van der Waals surface area contributed by atoms with E-state index in [-0.39, 0.29) is 5.60 Å². The van der Waals surface area contributed by atoms with E-state index in [0.29, 0.717) is 18.1 Å². The van der Waals surface area contributed by atoms with Gasteiger partial charge in [-0.25, -0.2) is 0 Å². The Balaban J connectivity index is 1.66. The molecule has 0 saturated carbocycles. The normalized spacial score (nSPS) is 37.7. The van der Waals surface area contributed by atoms with Crippen LogP contribution in [0.25, 0.3) is 0 Å². The van der Waals surface area contributed by atoms with Crippen molar-refractivity contribution >= 4 is 11.8 Å². The van der Waals surface area contributed by atoms with Gasteiger partial charge in [-0.2, -0.15) is 11.8 Å². The van der Waals surface area contributed by atoms with Crippen LogP contribution < -0.4 is 5.32 Å². The van der Waals surface area contributed by atoms with Gasteiger partial charge in [-0.15, -0.1) is 0 Å². The van der Waals surface area contributed by atoms with E-state index < -0.39 is 0 Å². The fraction of sp³-hybridized carbons (Fsp3) is 1.00. The first-order chi connectivity index (χ1) is 10.2. The maximum absolute atomic E-state index is 6.28. The van der Waals surface area contributed by atoms with Crippen LogP contribution in [0.1, 0.15) is 46.0 Å². The Hall–Kier alpha value is 0.230. The molecular formula is C17H31NO2S. The van der Waals surface area contributed by atoms with Gasteiger partial charge in [-0.05, 0) is 63.0 Å². The molecule has 3 fully saturated rings. The van der Waals surface area contributed by atoms with Crippen LogP contribution >= 0.6 is 11.8 Å². The zero-order valence-corrected chi connectivity index (χ0v) is 14.4. The first-order valence-electron chi connectivity index (χ1n) is 8.79. The van der Waals surface area contributed by atoms with E-state index in [0.717, 1.165) is 25.7 Å². The van der Waals surface area contributed by atoms with Crippen LogP contribution in [0.3, 0.4) is 0 Å². The van der Waals surface area contributed by atoms with Crippen LogP contribution in [0.2, 0.25) is 0 Å². The van der Waals surface area contributed by atoms with Crippen LogP contribution in [0, 0.1) is 11.8 Å². The van der Waals surface area contributed by atoms with Crippen molar-refractivity contribution in [3.63, 3.8) is 0 Å². The van der Waals surface area contributed by atoms with Gasteiger partial charge in [-0.1, -0.05) is 6.92 Å². The van der Waals surface area contributed by atoms with Gasteiger partial charge in [0.1, 0.15) is 0 Å². The lowest BCUT2D eigenvalue weighted by Crippen LogP contribution is -2.51. The van der Waals surface area contributed by atoms with Crippen LogP contribution in [0.5, 0.6) is 0 Å². The van der Waals surface area contributed by atoms with E-state index in [2.05, 4.69) is 30.9 Å². The molecule has 3 saturated heterocycles. The molecule has 4 atom stereocenters. The Bertz CT molecular complexity index is 327. The zero-order chi connectivity index (χ0) is 14.7. The van der Waals surface area contributed by atoms with Gasteiger partial charge >= 0.3 is 0 Å². The van der Waals surface area contributed by atoms with Crippen molar-refractivity contribution in [2.45, 2.75) is 63.7 Å². The van der Waals surface area contributed by atoms with Gasteiger partial charge < -0.3 is 14.8 Å². The Morgan fingerprint density at radius 2 is 2.10 bits per heavy atom. The minimum atomic E-state index is 0.201. The van der Waals surface area contributed by atoms with Crippen molar-refractivity contribution < 1.29 is 9.47 Å². The minimum Gasteiger partial charge on any atom is -0.378 e. The fourth-order valence-corrected chi connectivity index (χ4v) is 5.76. The predicted octanol–water partition coefficient (Wildman–Crippen LogP) is 3.08. The molecule has 0 aromatic rings. The largest absolute Gasteiger partial charge is 0.378 e. The van der Waals surface area contributed by atoms with E-state index in [1.54, 1.807) is 0 Å². The molecule has 0 radical (unpaired) electrons. The molecule has 4 unspecified atom stereocenters. The summed E-state index contributed by atoms with van der Waals surface area (Å²) in [5.41, 5.74) is 0.201. The third kappa shape index (κ3) is 3.77. The summed E-state index contributed by atoms with van der Waals surface area (Å²) in [6.07, 6.45) is 6.65. The number of thioether (sulfide) groups is 1. The second-order valence-electron chi connectivity index (χ2n) is 7.12. The van der Waals surface area contributed by atoms with Crippen LogP contribution in [-0.4, -0.2) is 49.0 Å². The van der Waals surface area contributed by atoms with E-state index >= 15 is 0 Å². The molecule has 3 aliphatic rings. The average Bonchev–Trinajstić information content (AvgIpc) is 2.92. The molecule has 0 aromatic carbocycles. The van der Waals surface area contributed by atoms with Crippen LogP contribution in [0.4, 0.5) is 0 Å². The second-order valence-corrected chi connectivity index (χ2v) is 8.34. The SMILES string of the molecule is CCNC(C1COC(C)C1)C1CCOC2(CCSCC2)C1. The first kappa shape index (κ1) is 16.1. The number of ether oxygens (including phenoxy) is 2. The first-order valence-corrected chi connectivity index (χ1v) is 9.94. The molecule has 0 bridgehead atoms. The fourth-order valence-electron chi connectivity index (χ4n) is 4.52.